The summed E-state index contributed by atoms with van der Waals surface area (Å²) in [5, 5.41) is 2.82. The Balaban J connectivity index is 1.71. The van der Waals surface area contributed by atoms with Crippen molar-refractivity contribution in [3.05, 3.63) is 64.6 Å². The molecule has 27 heavy (non-hydrogen) atoms. The molecule has 1 aliphatic rings. The Hall–Kier alpha value is -3.26. The minimum Gasteiger partial charge on any atom is -0.463 e. The predicted octanol–water partition coefficient (Wildman–Crippen LogP) is 3.39. The average Bonchev–Trinajstić information content (AvgIpc) is 3.34. The van der Waals surface area contributed by atoms with Crippen LogP contribution in [0, 0.1) is 0 Å². The molecule has 7 nitrogen and oxygen atoms in total. The van der Waals surface area contributed by atoms with Gasteiger partial charge >= 0.3 is 5.97 Å². The van der Waals surface area contributed by atoms with Gasteiger partial charge in [0.1, 0.15) is 5.76 Å². The van der Waals surface area contributed by atoms with E-state index >= 15 is 0 Å². The van der Waals surface area contributed by atoms with Crippen LogP contribution in [0.5, 0.6) is 0 Å². The van der Waals surface area contributed by atoms with Crippen molar-refractivity contribution >= 4 is 45.9 Å². The molecule has 0 saturated carbocycles. The number of fused-ring (bicyclic) bond motifs is 1. The Morgan fingerprint density at radius 3 is 2.81 bits per heavy atom. The number of aromatic nitrogens is 1. The minimum atomic E-state index is -0.530. The maximum Gasteiger partial charge on any atom is 0.373 e. The van der Waals surface area contributed by atoms with E-state index in [2.05, 4.69) is 10.1 Å². The quantitative estimate of drug-likeness (QED) is 0.549. The number of amides is 2. The van der Waals surface area contributed by atoms with E-state index in [1.165, 1.54) is 7.11 Å². The molecule has 1 saturated heterocycles. The summed E-state index contributed by atoms with van der Waals surface area (Å²) in [4.78, 5) is 35.1. The van der Waals surface area contributed by atoms with E-state index in [-0.39, 0.29) is 11.0 Å². The van der Waals surface area contributed by atoms with Crippen LogP contribution in [0.15, 0.2) is 51.9 Å². The smallest absolute Gasteiger partial charge is 0.373 e. The summed E-state index contributed by atoms with van der Waals surface area (Å²) in [7, 11) is 1.30. The number of furan rings is 1. The molecule has 4 rings (SSSR count). The van der Waals surface area contributed by atoms with E-state index in [4.69, 9.17) is 4.42 Å². The van der Waals surface area contributed by atoms with Crippen molar-refractivity contribution in [1.82, 2.24) is 9.88 Å². The number of nitrogens with zero attached hydrogens (tertiary/aromatic N) is 1. The molecule has 1 N–H and O–H groups in total. The summed E-state index contributed by atoms with van der Waals surface area (Å²) in [6, 6.07) is 11.0. The Morgan fingerprint density at radius 2 is 2.07 bits per heavy atom. The van der Waals surface area contributed by atoms with E-state index in [9.17, 15) is 14.4 Å². The number of rotatable bonds is 4. The third-order valence-electron chi connectivity index (χ3n) is 4.12. The number of carbonyl (C=O) groups excluding carboxylic acids is 3. The number of benzene rings is 1. The van der Waals surface area contributed by atoms with Gasteiger partial charge in [-0.25, -0.2) is 4.79 Å². The highest BCUT2D eigenvalue weighted by Crippen LogP contribution is 2.30. The molecule has 136 valence electrons. The summed E-state index contributed by atoms with van der Waals surface area (Å²) in [6.07, 6.45) is 3.58. The summed E-state index contributed by atoms with van der Waals surface area (Å²) in [5.74, 6) is -0.184. The first-order valence-electron chi connectivity index (χ1n) is 8.05. The lowest BCUT2D eigenvalue weighted by atomic mass is 10.1. The molecule has 2 amide bonds. The molecule has 0 unspecified atom stereocenters. The van der Waals surface area contributed by atoms with Crippen LogP contribution in [0.4, 0.5) is 4.79 Å². The molecule has 1 aromatic carbocycles. The highest BCUT2D eigenvalue weighted by molar-refractivity contribution is 8.18. The van der Waals surface area contributed by atoms with Gasteiger partial charge in [-0.15, -0.1) is 0 Å². The zero-order valence-corrected chi connectivity index (χ0v) is 15.0. The van der Waals surface area contributed by atoms with Crippen LogP contribution in [-0.4, -0.2) is 28.8 Å². The lowest BCUT2D eigenvalue weighted by Crippen LogP contribution is -2.17. The minimum absolute atomic E-state index is 0.142. The molecular formula is C19H14N2O5S. The van der Waals surface area contributed by atoms with Gasteiger partial charge in [-0.2, -0.15) is 0 Å². The van der Waals surface area contributed by atoms with E-state index in [0.717, 1.165) is 28.2 Å². The number of para-hydroxylation sites is 1. The lowest BCUT2D eigenvalue weighted by Gasteiger charge is -2.02. The fourth-order valence-corrected chi connectivity index (χ4v) is 3.60. The van der Waals surface area contributed by atoms with Gasteiger partial charge in [0.05, 0.1) is 18.6 Å². The fourth-order valence-electron chi connectivity index (χ4n) is 2.92. The summed E-state index contributed by atoms with van der Waals surface area (Å²) >= 11 is 0.882. The standard InChI is InChI=1S/C19H14N2O5S/c1-25-18(23)15-7-6-12(26-15)10-21-9-11(13-4-2-3-5-14(13)21)8-16-17(22)20-19(24)27-16/h2-9H,10H2,1H3,(H,20,22,24)/b16-8+. The van der Waals surface area contributed by atoms with Crippen molar-refractivity contribution in [1.29, 1.82) is 0 Å². The van der Waals surface area contributed by atoms with E-state index in [1.54, 1.807) is 18.2 Å². The highest BCUT2D eigenvalue weighted by atomic mass is 32.2. The topological polar surface area (TPSA) is 90.5 Å². The largest absolute Gasteiger partial charge is 0.463 e. The van der Waals surface area contributed by atoms with E-state index in [0.29, 0.717) is 17.2 Å². The van der Waals surface area contributed by atoms with Crippen molar-refractivity contribution < 1.29 is 23.5 Å². The second kappa shape index (κ2) is 6.81. The molecule has 3 aromatic rings. The fraction of sp³-hybridized carbons (Fsp3) is 0.105. The summed E-state index contributed by atoms with van der Waals surface area (Å²) in [5.41, 5.74) is 1.76. The van der Waals surface area contributed by atoms with Crippen LogP contribution in [0.2, 0.25) is 0 Å². The van der Waals surface area contributed by atoms with Gasteiger partial charge < -0.3 is 13.7 Å². The third kappa shape index (κ3) is 3.26. The number of carbonyl (C=O) groups is 3. The Kier molecular flexibility index (Phi) is 4.33. The van der Waals surface area contributed by atoms with Gasteiger partial charge in [0.15, 0.2) is 0 Å². The van der Waals surface area contributed by atoms with Crippen LogP contribution < -0.4 is 5.32 Å². The molecule has 1 fully saturated rings. The van der Waals surface area contributed by atoms with Crippen molar-refractivity contribution in [3.63, 3.8) is 0 Å². The number of hydrogen-bond acceptors (Lipinski definition) is 6. The SMILES string of the molecule is COC(=O)c1ccc(Cn2cc(/C=C3/SC(=O)NC3=O)c3ccccc32)o1. The Morgan fingerprint density at radius 1 is 1.26 bits per heavy atom. The number of imide groups is 1. The zero-order chi connectivity index (χ0) is 19.0. The molecule has 2 aromatic heterocycles. The molecular weight excluding hydrogens is 368 g/mol. The molecule has 0 bridgehead atoms. The number of hydrogen-bond donors (Lipinski definition) is 1. The van der Waals surface area contributed by atoms with Crippen molar-refractivity contribution in [2.75, 3.05) is 7.11 Å². The van der Waals surface area contributed by atoms with Crippen molar-refractivity contribution in [2.45, 2.75) is 6.54 Å². The number of ether oxygens (including phenoxy) is 1. The first-order chi connectivity index (χ1) is 13.0. The molecule has 0 atom stereocenters. The first-order valence-corrected chi connectivity index (χ1v) is 8.86. The molecule has 8 heteroatoms. The third-order valence-corrected chi connectivity index (χ3v) is 4.93. The van der Waals surface area contributed by atoms with Crippen molar-refractivity contribution in [3.8, 4) is 0 Å². The zero-order valence-electron chi connectivity index (χ0n) is 14.2. The number of nitrogens with one attached hydrogen (secondary N) is 1. The normalized spacial score (nSPS) is 15.5. The van der Waals surface area contributed by atoms with Gasteiger partial charge in [0.25, 0.3) is 11.1 Å². The second-order valence-corrected chi connectivity index (χ2v) is 6.85. The number of thioether (sulfide) groups is 1. The number of esters is 1. The second-order valence-electron chi connectivity index (χ2n) is 5.84. The predicted molar refractivity (Wildman–Crippen MR) is 100 cm³/mol. The molecule has 0 aliphatic carbocycles. The van der Waals surface area contributed by atoms with Gasteiger partial charge in [0.2, 0.25) is 5.76 Å². The van der Waals surface area contributed by atoms with Crippen molar-refractivity contribution in [2.24, 2.45) is 0 Å². The van der Waals surface area contributed by atoms with E-state index in [1.807, 2.05) is 35.0 Å². The Bertz CT molecular complexity index is 1110. The van der Waals surface area contributed by atoms with Crippen LogP contribution in [0.25, 0.3) is 17.0 Å². The molecule has 3 heterocycles. The maximum absolute atomic E-state index is 11.8. The van der Waals surface area contributed by atoms with Gasteiger partial charge in [-0.05, 0) is 36.0 Å². The Labute approximate surface area is 158 Å². The van der Waals surface area contributed by atoms with Crippen LogP contribution in [-0.2, 0) is 16.1 Å². The first kappa shape index (κ1) is 17.2. The highest BCUT2D eigenvalue weighted by Gasteiger charge is 2.25. The lowest BCUT2D eigenvalue weighted by molar-refractivity contribution is -0.115. The molecule has 1 aliphatic heterocycles. The van der Waals surface area contributed by atoms with Crippen LogP contribution in [0.3, 0.4) is 0 Å². The van der Waals surface area contributed by atoms with Gasteiger partial charge in [-0.3, -0.25) is 14.9 Å². The molecule has 0 spiro atoms. The van der Waals surface area contributed by atoms with Crippen LogP contribution >= 0.6 is 11.8 Å². The van der Waals surface area contributed by atoms with Crippen LogP contribution in [0.1, 0.15) is 21.9 Å². The number of methoxy groups -OCH3 is 1. The maximum atomic E-state index is 11.8. The molecule has 0 radical (unpaired) electrons. The summed E-state index contributed by atoms with van der Waals surface area (Å²) in [6.45, 7) is 0.402. The monoisotopic (exact) mass is 382 g/mol. The van der Waals surface area contributed by atoms with Gasteiger partial charge in [0, 0.05) is 22.7 Å². The summed E-state index contributed by atoms with van der Waals surface area (Å²) < 4.78 is 12.2. The van der Waals surface area contributed by atoms with Gasteiger partial charge in [-0.1, -0.05) is 18.2 Å². The average molecular weight is 382 g/mol. The van der Waals surface area contributed by atoms with E-state index < -0.39 is 11.9 Å².